The van der Waals surface area contributed by atoms with Crippen molar-refractivity contribution < 1.29 is 14.3 Å². The third-order valence-electron chi connectivity index (χ3n) is 4.98. The van der Waals surface area contributed by atoms with E-state index in [2.05, 4.69) is 29.2 Å². The van der Waals surface area contributed by atoms with E-state index in [0.29, 0.717) is 11.5 Å². The molecule has 2 aromatic carbocycles. The molecule has 1 heterocycles. The second-order valence-electron chi connectivity index (χ2n) is 6.89. The molecule has 1 amide bonds. The summed E-state index contributed by atoms with van der Waals surface area (Å²) in [5, 5.41) is 0. The average molecular weight is 392 g/mol. The van der Waals surface area contributed by atoms with Crippen molar-refractivity contribution >= 4 is 18.1 Å². The van der Waals surface area contributed by atoms with Crippen LogP contribution in [0.1, 0.15) is 11.1 Å². The number of methoxy groups -OCH3 is 2. The number of amides is 1. The molecule has 1 saturated heterocycles. The molecule has 5 heteroatoms. The van der Waals surface area contributed by atoms with Gasteiger partial charge in [-0.15, -0.1) is 0 Å². The Labute approximate surface area is 172 Å². The normalized spacial score (nSPS) is 15.2. The van der Waals surface area contributed by atoms with Crippen molar-refractivity contribution in [3.05, 3.63) is 71.8 Å². The first-order valence-electron chi connectivity index (χ1n) is 9.82. The zero-order chi connectivity index (χ0) is 20.5. The van der Waals surface area contributed by atoms with Crippen LogP contribution < -0.4 is 9.47 Å². The summed E-state index contributed by atoms with van der Waals surface area (Å²) >= 11 is 0. The van der Waals surface area contributed by atoms with Crippen molar-refractivity contribution in [1.82, 2.24) is 9.80 Å². The summed E-state index contributed by atoms with van der Waals surface area (Å²) in [5.74, 6) is 1.37. The fourth-order valence-electron chi connectivity index (χ4n) is 3.28. The highest BCUT2D eigenvalue weighted by molar-refractivity contribution is 5.92. The molecule has 0 N–H and O–H groups in total. The first-order valence-corrected chi connectivity index (χ1v) is 9.82. The molecule has 1 aliphatic heterocycles. The van der Waals surface area contributed by atoms with Crippen molar-refractivity contribution in [2.24, 2.45) is 0 Å². The van der Waals surface area contributed by atoms with Crippen LogP contribution in [0.5, 0.6) is 11.5 Å². The largest absolute Gasteiger partial charge is 0.493 e. The molecule has 2 aromatic rings. The molecule has 0 saturated carbocycles. The van der Waals surface area contributed by atoms with Crippen LogP contribution in [-0.4, -0.2) is 62.7 Å². The molecule has 3 rings (SSSR count). The van der Waals surface area contributed by atoms with E-state index in [1.54, 1.807) is 20.3 Å². The van der Waals surface area contributed by atoms with Gasteiger partial charge in [0.1, 0.15) is 0 Å². The van der Waals surface area contributed by atoms with Gasteiger partial charge in [-0.2, -0.15) is 0 Å². The Kier molecular flexibility index (Phi) is 7.47. The number of hydrogen-bond donors (Lipinski definition) is 0. The second kappa shape index (κ2) is 10.5. The SMILES string of the molecule is COc1ccc(/C=C\C(=O)N2CCN(C/C=C\c3ccccc3)CC2)cc1OC. The van der Waals surface area contributed by atoms with Gasteiger partial charge in [0, 0.05) is 38.8 Å². The summed E-state index contributed by atoms with van der Waals surface area (Å²) in [6.45, 7) is 4.16. The van der Waals surface area contributed by atoms with E-state index >= 15 is 0 Å². The van der Waals surface area contributed by atoms with Crippen molar-refractivity contribution in [3.8, 4) is 11.5 Å². The lowest BCUT2D eigenvalue weighted by atomic mass is 10.2. The van der Waals surface area contributed by atoms with Crippen molar-refractivity contribution in [2.75, 3.05) is 46.9 Å². The summed E-state index contributed by atoms with van der Waals surface area (Å²) in [7, 11) is 3.21. The van der Waals surface area contributed by atoms with Crippen molar-refractivity contribution in [1.29, 1.82) is 0 Å². The Bertz CT molecular complexity index is 854. The zero-order valence-corrected chi connectivity index (χ0v) is 17.1. The molecule has 0 spiro atoms. The minimum Gasteiger partial charge on any atom is -0.493 e. The Morgan fingerprint density at radius 3 is 2.31 bits per heavy atom. The molecule has 0 bridgehead atoms. The minimum atomic E-state index is 0.0410. The van der Waals surface area contributed by atoms with E-state index in [9.17, 15) is 4.79 Å². The minimum absolute atomic E-state index is 0.0410. The molecule has 5 nitrogen and oxygen atoms in total. The van der Waals surface area contributed by atoms with Crippen LogP contribution in [0.25, 0.3) is 12.2 Å². The Morgan fingerprint density at radius 1 is 0.897 bits per heavy atom. The van der Waals surface area contributed by atoms with Gasteiger partial charge in [-0.25, -0.2) is 0 Å². The monoisotopic (exact) mass is 392 g/mol. The Morgan fingerprint density at radius 2 is 1.62 bits per heavy atom. The summed E-state index contributed by atoms with van der Waals surface area (Å²) in [6.07, 6.45) is 7.78. The number of piperazine rings is 1. The maximum absolute atomic E-state index is 12.5. The lowest BCUT2D eigenvalue weighted by Crippen LogP contribution is -2.48. The number of nitrogens with zero attached hydrogens (tertiary/aromatic N) is 2. The summed E-state index contributed by atoms with van der Waals surface area (Å²) in [5.41, 5.74) is 2.11. The maximum atomic E-state index is 12.5. The fraction of sp³-hybridized carbons (Fsp3) is 0.292. The van der Waals surface area contributed by atoms with E-state index in [4.69, 9.17) is 9.47 Å². The van der Waals surface area contributed by atoms with Gasteiger partial charge in [0.2, 0.25) is 5.91 Å². The average Bonchev–Trinajstić information content (AvgIpc) is 2.78. The molecular formula is C24H28N2O3. The van der Waals surface area contributed by atoms with E-state index in [0.717, 1.165) is 38.3 Å². The van der Waals surface area contributed by atoms with Gasteiger partial charge in [0.05, 0.1) is 14.2 Å². The van der Waals surface area contributed by atoms with Crippen LogP contribution >= 0.6 is 0 Å². The smallest absolute Gasteiger partial charge is 0.246 e. The quantitative estimate of drug-likeness (QED) is 0.676. The van der Waals surface area contributed by atoms with Crippen LogP contribution in [0.3, 0.4) is 0 Å². The molecule has 29 heavy (non-hydrogen) atoms. The van der Waals surface area contributed by atoms with E-state index in [1.807, 2.05) is 47.4 Å². The second-order valence-corrected chi connectivity index (χ2v) is 6.89. The summed E-state index contributed by atoms with van der Waals surface area (Å²) in [6, 6.07) is 15.9. The molecule has 1 fully saturated rings. The summed E-state index contributed by atoms with van der Waals surface area (Å²) < 4.78 is 10.5. The maximum Gasteiger partial charge on any atom is 0.246 e. The lowest BCUT2D eigenvalue weighted by Gasteiger charge is -2.33. The van der Waals surface area contributed by atoms with Gasteiger partial charge in [0.25, 0.3) is 0 Å². The van der Waals surface area contributed by atoms with Crippen LogP contribution in [0.4, 0.5) is 0 Å². The zero-order valence-electron chi connectivity index (χ0n) is 17.1. The van der Waals surface area contributed by atoms with E-state index < -0.39 is 0 Å². The third-order valence-corrected chi connectivity index (χ3v) is 4.98. The van der Waals surface area contributed by atoms with Gasteiger partial charge in [-0.1, -0.05) is 48.6 Å². The van der Waals surface area contributed by atoms with Crippen LogP contribution in [0, 0.1) is 0 Å². The Hall–Kier alpha value is -3.05. The number of hydrogen-bond acceptors (Lipinski definition) is 4. The molecule has 0 aromatic heterocycles. The molecule has 1 aliphatic rings. The van der Waals surface area contributed by atoms with E-state index in [1.165, 1.54) is 5.56 Å². The first-order chi connectivity index (χ1) is 14.2. The highest BCUT2D eigenvalue weighted by Crippen LogP contribution is 2.28. The molecule has 0 unspecified atom stereocenters. The standard InChI is InChI=1S/C24H28N2O3/c1-28-22-12-10-21(19-23(22)29-2)11-13-24(27)26-17-15-25(16-18-26)14-6-9-20-7-4-3-5-8-20/h3-13,19H,14-18H2,1-2H3/b9-6-,13-11-. The number of benzene rings is 2. The number of carbonyl (C=O) groups excluding carboxylic acids is 1. The third kappa shape index (κ3) is 5.96. The fourth-order valence-corrected chi connectivity index (χ4v) is 3.28. The van der Waals surface area contributed by atoms with Gasteiger partial charge in [-0.05, 0) is 29.3 Å². The number of rotatable bonds is 7. The van der Waals surface area contributed by atoms with Crippen LogP contribution in [-0.2, 0) is 4.79 Å². The van der Waals surface area contributed by atoms with Gasteiger partial charge >= 0.3 is 0 Å². The molecule has 0 aliphatic carbocycles. The number of ether oxygens (including phenoxy) is 2. The summed E-state index contributed by atoms with van der Waals surface area (Å²) in [4.78, 5) is 16.8. The number of carbonyl (C=O) groups is 1. The van der Waals surface area contributed by atoms with Gasteiger partial charge in [0.15, 0.2) is 11.5 Å². The highest BCUT2D eigenvalue weighted by Gasteiger charge is 2.18. The Balaban J connectivity index is 1.47. The highest BCUT2D eigenvalue weighted by atomic mass is 16.5. The predicted molar refractivity (Wildman–Crippen MR) is 117 cm³/mol. The molecule has 0 atom stereocenters. The van der Waals surface area contributed by atoms with E-state index in [-0.39, 0.29) is 5.91 Å². The molecular weight excluding hydrogens is 364 g/mol. The van der Waals surface area contributed by atoms with Crippen LogP contribution in [0.2, 0.25) is 0 Å². The lowest BCUT2D eigenvalue weighted by molar-refractivity contribution is -0.127. The molecule has 0 radical (unpaired) electrons. The first kappa shape index (κ1) is 20.7. The topological polar surface area (TPSA) is 42.0 Å². The molecule has 152 valence electrons. The van der Waals surface area contributed by atoms with Crippen LogP contribution in [0.15, 0.2) is 60.7 Å². The predicted octanol–water partition coefficient (Wildman–Crippen LogP) is 3.57. The van der Waals surface area contributed by atoms with Gasteiger partial charge in [-0.3, -0.25) is 9.69 Å². The van der Waals surface area contributed by atoms with Crippen molar-refractivity contribution in [2.45, 2.75) is 0 Å². The van der Waals surface area contributed by atoms with Crippen molar-refractivity contribution in [3.63, 3.8) is 0 Å². The van der Waals surface area contributed by atoms with Gasteiger partial charge < -0.3 is 14.4 Å².